The van der Waals surface area contributed by atoms with Crippen LogP contribution in [0.5, 0.6) is 0 Å². The monoisotopic (exact) mass is 186 g/mol. The van der Waals surface area contributed by atoms with Crippen LogP contribution in [0.1, 0.15) is 19.8 Å². The van der Waals surface area contributed by atoms with Crippen LogP contribution in [0.15, 0.2) is 12.2 Å². The summed E-state index contributed by atoms with van der Waals surface area (Å²) in [4.78, 5) is 0. The smallest absolute Gasteiger partial charge is 0.120 e. The van der Waals surface area contributed by atoms with Crippen molar-refractivity contribution in [1.29, 1.82) is 0 Å². The normalized spacial score (nSPS) is 31.3. The van der Waals surface area contributed by atoms with Gasteiger partial charge in [-0.05, 0) is 19.8 Å². The number of ether oxygens (including phenoxy) is 2. The molecule has 1 heterocycles. The summed E-state index contributed by atoms with van der Waals surface area (Å²) in [5, 5.41) is 9.64. The molecule has 0 saturated heterocycles. The van der Waals surface area contributed by atoms with Gasteiger partial charge >= 0.3 is 0 Å². The molecule has 1 rings (SSSR count). The maximum Gasteiger partial charge on any atom is 0.120 e. The molecule has 13 heavy (non-hydrogen) atoms. The first kappa shape index (κ1) is 10.7. The zero-order valence-electron chi connectivity index (χ0n) is 8.32. The summed E-state index contributed by atoms with van der Waals surface area (Å²) >= 11 is 0. The third-order valence-corrected chi connectivity index (χ3v) is 2.45. The molecule has 0 aromatic rings. The molecule has 0 bridgehead atoms. The van der Waals surface area contributed by atoms with Crippen molar-refractivity contribution in [3.8, 4) is 0 Å². The van der Waals surface area contributed by atoms with Crippen molar-refractivity contribution in [2.75, 3.05) is 20.3 Å². The van der Waals surface area contributed by atoms with Gasteiger partial charge < -0.3 is 14.6 Å². The van der Waals surface area contributed by atoms with Crippen LogP contribution < -0.4 is 0 Å². The van der Waals surface area contributed by atoms with Crippen LogP contribution in [0.2, 0.25) is 0 Å². The summed E-state index contributed by atoms with van der Waals surface area (Å²) in [5.74, 6) is 0. The zero-order valence-corrected chi connectivity index (χ0v) is 8.32. The van der Waals surface area contributed by atoms with E-state index in [1.807, 2.05) is 0 Å². The van der Waals surface area contributed by atoms with Crippen molar-refractivity contribution >= 4 is 0 Å². The maximum atomic E-state index is 9.64. The standard InChI is InChI=1S/C10H18O3/c1-9(11)10(8-12-2)6-4-3-5-7-13-10/h3-4,9,11H,5-8H2,1-2H3/t9-,10+/m1/s1. The van der Waals surface area contributed by atoms with Crippen molar-refractivity contribution in [2.45, 2.75) is 31.5 Å². The Bertz CT molecular complexity index is 177. The number of methoxy groups -OCH3 is 1. The van der Waals surface area contributed by atoms with Crippen LogP contribution in [0.4, 0.5) is 0 Å². The van der Waals surface area contributed by atoms with E-state index in [1.54, 1.807) is 14.0 Å². The SMILES string of the molecule is COC[C@]1([C@@H](C)O)CC=CCCO1. The largest absolute Gasteiger partial charge is 0.390 e. The first-order chi connectivity index (χ1) is 6.21. The van der Waals surface area contributed by atoms with Gasteiger partial charge in [0.2, 0.25) is 0 Å². The van der Waals surface area contributed by atoms with Gasteiger partial charge in [0.25, 0.3) is 0 Å². The van der Waals surface area contributed by atoms with Gasteiger partial charge in [-0.1, -0.05) is 12.2 Å². The Kier molecular flexibility index (Phi) is 3.90. The van der Waals surface area contributed by atoms with E-state index in [1.165, 1.54) is 0 Å². The van der Waals surface area contributed by atoms with Gasteiger partial charge in [0.1, 0.15) is 5.60 Å². The minimum absolute atomic E-state index is 0.439. The van der Waals surface area contributed by atoms with Crippen LogP contribution in [0, 0.1) is 0 Å². The van der Waals surface area contributed by atoms with E-state index in [0.717, 1.165) is 12.8 Å². The maximum absolute atomic E-state index is 9.64. The topological polar surface area (TPSA) is 38.7 Å². The molecule has 1 aliphatic heterocycles. The molecule has 1 aliphatic rings. The fourth-order valence-corrected chi connectivity index (χ4v) is 1.55. The van der Waals surface area contributed by atoms with E-state index < -0.39 is 11.7 Å². The highest BCUT2D eigenvalue weighted by Crippen LogP contribution is 2.24. The van der Waals surface area contributed by atoms with Crippen LogP contribution in [0.3, 0.4) is 0 Å². The van der Waals surface area contributed by atoms with Crippen LogP contribution >= 0.6 is 0 Å². The summed E-state index contributed by atoms with van der Waals surface area (Å²) in [6.45, 7) is 2.85. The van der Waals surface area contributed by atoms with Gasteiger partial charge in [0.15, 0.2) is 0 Å². The van der Waals surface area contributed by atoms with Gasteiger partial charge in [-0.15, -0.1) is 0 Å². The van der Waals surface area contributed by atoms with Crippen LogP contribution in [-0.2, 0) is 9.47 Å². The molecular formula is C10H18O3. The van der Waals surface area contributed by atoms with Gasteiger partial charge in [0.05, 0.1) is 19.3 Å². The average Bonchev–Trinajstić information content (AvgIpc) is 2.31. The van der Waals surface area contributed by atoms with Crippen molar-refractivity contribution in [1.82, 2.24) is 0 Å². The molecule has 76 valence electrons. The summed E-state index contributed by atoms with van der Waals surface area (Å²) in [6, 6.07) is 0. The molecule has 1 N–H and O–H groups in total. The first-order valence-corrected chi connectivity index (χ1v) is 4.67. The molecule has 0 fully saturated rings. The fraction of sp³-hybridized carbons (Fsp3) is 0.800. The Morgan fingerprint density at radius 3 is 3.00 bits per heavy atom. The van der Waals surface area contributed by atoms with E-state index in [0.29, 0.717) is 13.2 Å². The molecule has 0 aromatic carbocycles. The first-order valence-electron chi connectivity index (χ1n) is 4.67. The minimum atomic E-state index is -0.540. The van der Waals surface area contributed by atoms with E-state index in [2.05, 4.69) is 12.2 Å². The van der Waals surface area contributed by atoms with E-state index >= 15 is 0 Å². The van der Waals surface area contributed by atoms with Crippen molar-refractivity contribution < 1.29 is 14.6 Å². The molecular weight excluding hydrogens is 168 g/mol. The molecule has 0 spiro atoms. The lowest BCUT2D eigenvalue weighted by Gasteiger charge is -2.34. The van der Waals surface area contributed by atoms with Crippen LogP contribution in [-0.4, -0.2) is 37.1 Å². The fourth-order valence-electron chi connectivity index (χ4n) is 1.55. The van der Waals surface area contributed by atoms with Crippen molar-refractivity contribution in [2.24, 2.45) is 0 Å². The number of hydrogen-bond acceptors (Lipinski definition) is 3. The highest BCUT2D eigenvalue weighted by molar-refractivity contribution is 4.98. The highest BCUT2D eigenvalue weighted by Gasteiger charge is 2.36. The number of hydrogen-bond donors (Lipinski definition) is 1. The minimum Gasteiger partial charge on any atom is -0.390 e. The lowest BCUT2D eigenvalue weighted by atomic mass is 9.94. The molecule has 0 unspecified atom stereocenters. The summed E-state index contributed by atoms with van der Waals surface area (Å²) in [6.07, 6.45) is 5.27. The second kappa shape index (κ2) is 4.74. The van der Waals surface area contributed by atoms with Gasteiger partial charge in [-0.25, -0.2) is 0 Å². The van der Waals surface area contributed by atoms with E-state index in [-0.39, 0.29) is 0 Å². The summed E-state index contributed by atoms with van der Waals surface area (Å²) in [5.41, 5.74) is -0.540. The predicted octanol–water partition coefficient (Wildman–Crippen LogP) is 1.12. The second-order valence-electron chi connectivity index (χ2n) is 3.49. The summed E-state index contributed by atoms with van der Waals surface area (Å²) < 4.78 is 10.7. The van der Waals surface area contributed by atoms with Crippen LogP contribution in [0.25, 0.3) is 0 Å². The molecule has 0 amide bonds. The molecule has 0 saturated carbocycles. The summed E-state index contributed by atoms with van der Waals surface area (Å²) in [7, 11) is 1.63. The molecule has 0 radical (unpaired) electrons. The molecule has 0 aliphatic carbocycles. The zero-order chi connectivity index (χ0) is 9.73. The second-order valence-corrected chi connectivity index (χ2v) is 3.49. The number of rotatable bonds is 3. The Balaban J connectivity index is 2.68. The average molecular weight is 186 g/mol. The van der Waals surface area contributed by atoms with Crippen molar-refractivity contribution in [3.05, 3.63) is 12.2 Å². The molecule has 0 aromatic heterocycles. The highest BCUT2D eigenvalue weighted by atomic mass is 16.5. The Hall–Kier alpha value is -0.380. The van der Waals surface area contributed by atoms with Gasteiger partial charge in [0, 0.05) is 7.11 Å². The molecule has 2 atom stereocenters. The quantitative estimate of drug-likeness (QED) is 0.671. The Morgan fingerprint density at radius 2 is 2.38 bits per heavy atom. The number of aliphatic hydroxyl groups excluding tert-OH is 1. The van der Waals surface area contributed by atoms with Crippen molar-refractivity contribution in [3.63, 3.8) is 0 Å². The van der Waals surface area contributed by atoms with Gasteiger partial charge in [-0.2, -0.15) is 0 Å². The molecule has 3 nitrogen and oxygen atoms in total. The third kappa shape index (κ3) is 2.53. The lowest BCUT2D eigenvalue weighted by molar-refractivity contribution is -0.143. The Labute approximate surface area is 79.3 Å². The molecule has 3 heteroatoms. The lowest BCUT2D eigenvalue weighted by Crippen LogP contribution is -2.46. The number of aliphatic hydroxyl groups is 1. The predicted molar refractivity (Wildman–Crippen MR) is 50.6 cm³/mol. The van der Waals surface area contributed by atoms with Gasteiger partial charge in [-0.3, -0.25) is 0 Å². The van der Waals surface area contributed by atoms with E-state index in [4.69, 9.17) is 9.47 Å². The van der Waals surface area contributed by atoms with E-state index in [9.17, 15) is 5.11 Å². The third-order valence-electron chi connectivity index (χ3n) is 2.45. The Morgan fingerprint density at radius 1 is 1.62 bits per heavy atom.